The summed E-state index contributed by atoms with van der Waals surface area (Å²) in [7, 11) is 0. The predicted molar refractivity (Wildman–Crippen MR) is 124 cm³/mol. The number of anilines is 4. The summed E-state index contributed by atoms with van der Waals surface area (Å²) in [6, 6.07) is 15.4. The van der Waals surface area contributed by atoms with Crippen molar-refractivity contribution in [1.29, 1.82) is 0 Å². The van der Waals surface area contributed by atoms with Crippen LogP contribution < -0.4 is 15.5 Å². The molecule has 0 unspecified atom stereocenters. The van der Waals surface area contributed by atoms with Gasteiger partial charge >= 0.3 is 0 Å². The molecule has 1 aliphatic heterocycles. The number of carbonyl (C=O) groups excluding carboxylic acids is 1. The Balaban J connectivity index is 1.43. The first-order valence-electron chi connectivity index (χ1n) is 10.3. The van der Waals surface area contributed by atoms with Crippen LogP contribution in [0.4, 0.5) is 31.8 Å². The molecule has 2 aromatic carbocycles. The lowest BCUT2D eigenvalue weighted by molar-refractivity contribution is 0.102. The standard InChI is InChI=1S/C23H23F2N5OS/c1-15-26-20(14-21(27-15)30-12-4-5-13-30)28-16-8-10-17(11-9-16)29-22(31)18-6-2-3-7-19(18)32-23(24)25/h2-3,6-11,14,23H,4-5,12-13H2,1H3,(H,29,31)(H,26,27,28). The SMILES string of the molecule is Cc1nc(Nc2ccc(NC(=O)c3ccccc3SC(F)F)cc2)cc(N2CCCC2)n1. The molecule has 166 valence electrons. The summed E-state index contributed by atoms with van der Waals surface area (Å²) in [5.41, 5.74) is 1.59. The van der Waals surface area contributed by atoms with Crippen molar-refractivity contribution in [3.8, 4) is 0 Å². The highest BCUT2D eigenvalue weighted by Crippen LogP contribution is 2.29. The number of hydrogen-bond donors (Lipinski definition) is 2. The Morgan fingerprint density at radius 3 is 2.44 bits per heavy atom. The minimum atomic E-state index is -2.59. The molecule has 1 fully saturated rings. The van der Waals surface area contributed by atoms with Crippen molar-refractivity contribution in [3.63, 3.8) is 0 Å². The van der Waals surface area contributed by atoms with Crippen molar-refractivity contribution >= 4 is 40.7 Å². The largest absolute Gasteiger partial charge is 0.356 e. The van der Waals surface area contributed by atoms with Gasteiger partial charge in [-0.05, 0) is 56.2 Å². The average Bonchev–Trinajstić information content (AvgIpc) is 3.30. The van der Waals surface area contributed by atoms with Gasteiger partial charge in [0.25, 0.3) is 11.7 Å². The zero-order valence-corrected chi connectivity index (χ0v) is 18.3. The van der Waals surface area contributed by atoms with Crippen LogP contribution in [0.3, 0.4) is 0 Å². The van der Waals surface area contributed by atoms with Crippen LogP contribution in [0.1, 0.15) is 29.0 Å². The van der Waals surface area contributed by atoms with Gasteiger partial charge in [0.1, 0.15) is 17.5 Å². The summed E-state index contributed by atoms with van der Waals surface area (Å²) in [6.45, 7) is 3.88. The molecule has 0 radical (unpaired) electrons. The van der Waals surface area contributed by atoms with E-state index in [4.69, 9.17) is 0 Å². The van der Waals surface area contributed by atoms with Gasteiger partial charge in [0.05, 0.1) is 5.56 Å². The Morgan fingerprint density at radius 1 is 1.03 bits per heavy atom. The summed E-state index contributed by atoms with van der Waals surface area (Å²) in [4.78, 5) is 24.1. The van der Waals surface area contributed by atoms with Crippen LogP contribution in [0.5, 0.6) is 0 Å². The first-order chi connectivity index (χ1) is 15.5. The fraction of sp³-hybridized carbons (Fsp3) is 0.261. The Kier molecular flexibility index (Phi) is 6.84. The molecule has 1 aromatic heterocycles. The second-order valence-electron chi connectivity index (χ2n) is 7.38. The maximum atomic E-state index is 12.8. The molecule has 3 aromatic rings. The van der Waals surface area contributed by atoms with Gasteiger partial charge in [-0.15, -0.1) is 0 Å². The second-order valence-corrected chi connectivity index (χ2v) is 8.42. The van der Waals surface area contributed by atoms with E-state index in [1.165, 1.54) is 25.0 Å². The van der Waals surface area contributed by atoms with Crippen LogP contribution in [0.25, 0.3) is 0 Å². The van der Waals surface area contributed by atoms with E-state index in [2.05, 4.69) is 25.5 Å². The van der Waals surface area contributed by atoms with Crippen molar-refractivity contribution in [2.24, 2.45) is 0 Å². The van der Waals surface area contributed by atoms with Gasteiger partial charge in [-0.25, -0.2) is 9.97 Å². The molecule has 32 heavy (non-hydrogen) atoms. The molecule has 2 heterocycles. The molecule has 0 saturated carbocycles. The highest BCUT2D eigenvalue weighted by molar-refractivity contribution is 7.99. The van der Waals surface area contributed by atoms with Gasteiger partial charge in [0.15, 0.2) is 0 Å². The van der Waals surface area contributed by atoms with Gasteiger partial charge in [0, 0.05) is 35.4 Å². The van der Waals surface area contributed by atoms with Crippen LogP contribution in [-0.4, -0.2) is 34.7 Å². The number of halogens is 2. The lowest BCUT2D eigenvalue weighted by Crippen LogP contribution is -2.19. The lowest BCUT2D eigenvalue weighted by atomic mass is 10.2. The van der Waals surface area contributed by atoms with Gasteiger partial charge in [-0.3, -0.25) is 4.79 Å². The summed E-state index contributed by atoms with van der Waals surface area (Å²) in [6.07, 6.45) is 2.34. The maximum Gasteiger partial charge on any atom is 0.288 e. The van der Waals surface area contributed by atoms with Gasteiger partial charge in [0.2, 0.25) is 0 Å². The molecule has 1 saturated heterocycles. The third-order valence-electron chi connectivity index (χ3n) is 5.02. The number of nitrogens with zero attached hydrogens (tertiary/aromatic N) is 3. The molecule has 6 nitrogen and oxygen atoms in total. The van der Waals surface area contributed by atoms with Crippen molar-refractivity contribution in [1.82, 2.24) is 9.97 Å². The highest BCUT2D eigenvalue weighted by Gasteiger charge is 2.16. The highest BCUT2D eigenvalue weighted by atomic mass is 32.2. The van der Waals surface area contributed by atoms with Gasteiger partial charge in [-0.2, -0.15) is 8.78 Å². The number of thioether (sulfide) groups is 1. The fourth-order valence-corrected chi connectivity index (χ4v) is 4.20. The first-order valence-corrected chi connectivity index (χ1v) is 11.2. The van der Waals surface area contributed by atoms with E-state index in [-0.39, 0.29) is 10.5 Å². The molecule has 1 aliphatic rings. The number of alkyl halides is 2. The number of amides is 1. The van der Waals surface area contributed by atoms with Crippen LogP contribution in [-0.2, 0) is 0 Å². The molecule has 2 N–H and O–H groups in total. The molecule has 0 bridgehead atoms. The van der Waals surface area contributed by atoms with Crippen molar-refractivity contribution in [2.75, 3.05) is 28.6 Å². The Bertz CT molecular complexity index is 1090. The van der Waals surface area contributed by atoms with E-state index in [0.717, 1.165) is 24.6 Å². The summed E-state index contributed by atoms with van der Waals surface area (Å²) < 4.78 is 25.5. The third kappa shape index (κ3) is 5.53. The van der Waals surface area contributed by atoms with E-state index in [1.807, 2.05) is 25.1 Å². The first kappa shape index (κ1) is 22.0. The number of benzene rings is 2. The van der Waals surface area contributed by atoms with Crippen LogP contribution in [0.2, 0.25) is 0 Å². The van der Waals surface area contributed by atoms with Crippen LogP contribution >= 0.6 is 11.8 Å². The summed E-state index contributed by atoms with van der Waals surface area (Å²) in [5, 5.41) is 6.04. The molecule has 4 rings (SSSR count). The Hall–Kier alpha value is -3.20. The zero-order valence-electron chi connectivity index (χ0n) is 17.5. The molecule has 1 amide bonds. The maximum absolute atomic E-state index is 12.8. The van der Waals surface area contributed by atoms with Crippen LogP contribution in [0.15, 0.2) is 59.5 Å². The lowest BCUT2D eigenvalue weighted by Gasteiger charge is -2.18. The van der Waals surface area contributed by atoms with E-state index < -0.39 is 11.7 Å². The van der Waals surface area contributed by atoms with E-state index in [1.54, 1.807) is 24.3 Å². The zero-order chi connectivity index (χ0) is 22.5. The summed E-state index contributed by atoms with van der Waals surface area (Å²) in [5.74, 6) is -0.709. The number of aromatic nitrogens is 2. The summed E-state index contributed by atoms with van der Waals surface area (Å²) >= 11 is 0.359. The number of nitrogens with one attached hydrogen (secondary N) is 2. The number of aryl methyl sites for hydroxylation is 1. The molecule has 0 aliphatic carbocycles. The number of rotatable bonds is 7. The monoisotopic (exact) mass is 455 g/mol. The van der Waals surface area contributed by atoms with E-state index in [0.29, 0.717) is 29.1 Å². The number of carbonyl (C=O) groups is 1. The number of hydrogen-bond acceptors (Lipinski definition) is 6. The average molecular weight is 456 g/mol. The minimum Gasteiger partial charge on any atom is -0.356 e. The van der Waals surface area contributed by atoms with E-state index in [9.17, 15) is 13.6 Å². The second kappa shape index (κ2) is 9.95. The van der Waals surface area contributed by atoms with Crippen molar-refractivity contribution in [3.05, 3.63) is 66.0 Å². The molecule has 0 atom stereocenters. The molecule has 9 heteroatoms. The van der Waals surface area contributed by atoms with Crippen LogP contribution in [0, 0.1) is 6.92 Å². The van der Waals surface area contributed by atoms with Crippen molar-refractivity contribution < 1.29 is 13.6 Å². The molecule has 0 spiro atoms. The Labute approximate surface area is 189 Å². The molecular formula is C23H23F2N5OS. The fourth-order valence-electron chi connectivity index (χ4n) is 3.56. The Morgan fingerprint density at radius 2 is 1.72 bits per heavy atom. The van der Waals surface area contributed by atoms with Gasteiger partial charge in [-0.1, -0.05) is 23.9 Å². The van der Waals surface area contributed by atoms with Gasteiger partial charge < -0.3 is 15.5 Å². The predicted octanol–water partition coefficient (Wildman–Crippen LogP) is 5.70. The topological polar surface area (TPSA) is 70.2 Å². The minimum absolute atomic E-state index is 0.214. The molecular weight excluding hydrogens is 432 g/mol. The van der Waals surface area contributed by atoms with E-state index >= 15 is 0 Å². The quantitative estimate of drug-likeness (QED) is 0.446. The smallest absolute Gasteiger partial charge is 0.288 e. The third-order valence-corrected chi connectivity index (χ3v) is 5.81. The normalized spacial score (nSPS) is 13.4. The van der Waals surface area contributed by atoms with Crippen molar-refractivity contribution in [2.45, 2.75) is 30.4 Å².